The van der Waals surface area contributed by atoms with Crippen LogP contribution in [-0.4, -0.2) is 41.9 Å². The Labute approximate surface area is 115 Å². The molecule has 0 saturated heterocycles. The lowest BCUT2D eigenvalue weighted by Crippen LogP contribution is -2.31. The second kappa shape index (κ2) is 6.80. The Morgan fingerprint density at radius 3 is 2.50 bits per heavy atom. The van der Waals surface area contributed by atoms with Crippen LogP contribution >= 0.6 is 0 Å². The Bertz CT molecular complexity index is 579. The average molecular weight is 283 g/mol. The summed E-state index contributed by atoms with van der Waals surface area (Å²) in [6, 6.07) is 0. The molecule has 0 bridgehead atoms. The molecule has 0 saturated carbocycles. The molecule has 8 heteroatoms. The van der Waals surface area contributed by atoms with Crippen LogP contribution in [0.2, 0.25) is 0 Å². The number of aromatic nitrogens is 2. The summed E-state index contributed by atoms with van der Waals surface area (Å²) in [5.41, 5.74) is 4.26. The second-order valence-corrected chi connectivity index (χ2v) is 3.94. The number of esters is 1. The molecule has 0 aliphatic carbocycles. The predicted molar refractivity (Wildman–Crippen MR) is 70.7 cm³/mol. The van der Waals surface area contributed by atoms with Gasteiger partial charge < -0.3 is 15.2 Å². The molecule has 1 aromatic rings. The van der Waals surface area contributed by atoms with Gasteiger partial charge in [0.2, 0.25) is 0 Å². The van der Waals surface area contributed by atoms with Crippen molar-refractivity contribution < 1.29 is 19.1 Å². The number of rotatable bonds is 6. The number of methoxy groups -OCH3 is 1. The Morgan fingerprint density at radius 2 is 2.00 bits per heavy atom. The van der Waals surface area contributed by atoms with E-state index in [2.05, 4.69) is 5.10 Å². The standard InChI is InChI=1S/C12H17N3O5/c1-4-15-11(17)9(13)8(7(2)16)10(14-15)12(18)20-6-5-19-3/h4-6,13H2,1-3H3. The maximum absolute atomic E-state index is 11.9. The summed E-state index contributed by atoms with van der Waals surface area (Å²) in [4.78, 5) is 35.3. The first kappa shape index (κ1) is 15.8. The Hall–Kier alpha value is -2.22. The van der Waals surface area contributed by atoms with Crippen LogP contribution in [0.15, 0.2) is 4.79 Å². The van der Waals surface area contributed by atoms with Gasteiger partial charge in [-0.05, 0) is 13.8 Å². The highest BCUT2D eigenvalue weighted by molar-refractivity contribution is 6.07. The van der Waals surface area contributed by atoms with Gasteiger partial charge in [-0.15, -0.1) is 0 Å². The van der Waals surface area contributed by atoms with Gasteiger partial charge in [-0.1, -0.05) is 0 Å². The Morgan fingerprint density at radius 1 is 1.35 bits per heavy atom. The number of carbonyl (C=O) groups excluding carboxylic acids is 2. The fourth-order valence-corrected chi connectivity index (χ4v) is 1.59. The molecule has 0 atom stereocenters. The summed E-state index contributed by atoms with van der Waals surface area (Å²) < 4.78 is 10.7. The molecular weight excluding hydrogens is 266 g/mol. The van der Waals surface area contributed by atoms with Crippen molar-refractivity contribution in [1.82, 2.24) is 9.78 Å². The zero-order chi connectivity index (χ0) is 15.3. The van der Waals surface area contributed by atoms with Crippen molar-refractivity contribution in [2.24, 2.45) is 0 Å². The number of Topliss-reactive ketones (excluding diaryl/α,β-unsaturated/α-hetero) is 1. The monoisotopic (exact) mass is 283 g/mol. The topological polar surface area (TPSA) is 114 Å². The van der Waals surface area contributed by atoms with Crippen molar-refractivity contribution in [1.29, 1.82) is 0 Å². The maximum Gasteiger partial charge on any atom is 0.359 e. The van der Waals surface area contributed by atoms with Crippen LogP contribution in [0, 0.1) is 0 Å². The summed E-state index contributed by atoms with van der Waals surface area (Å²) in [6.45, 7) is 3.32. The summed E-state index contributed by atoms with van der Waals surface area (Å²) in [7, 11) is 1.46. The third-order valence-electron chi connectivity index (χ3n) is 2.56. The van der Waals surface area contributed by atoms with Gasteiger partial charge in [0.15, 0.2) is 11.5 Å². The van der Waals surface area contributed by atoms with E-state index in [1.165, 1.54) is 14.0 Å². The van der Waals surface area contributed by atoms with E-state index in [9.17, 15) is 14.4 Å². The van der Waals surface area contributed by atoms with Crippen molar-refractivity contribution in [3.05, 3.63) is 21.6 Å². The number of nitrogen functional groups attached to an aromatic ring is 1. The molecule has 8 nitrogen and oxygen atoms in total. The lowest BCUT2D eigenvalue weighted by Gasteiger charge is -2.11. The van der Waals surface area contributed by atoms with Crippen LogP contribution in [0.1, 0.15) is 34.7 Å². The summed E-state index contributed by atoms with van der Waals surface area (Å²) in [5.74, 6) is -1.34. The molecule has 0 unspecified atom stereocenters. The van der Waals surface area contributed by atoms with E-state index >= 15 is 0 Å². The van der Waals surface area contributed by atoms with Crippen LogP contribution < -0.4 is 11.3 Å². The van der Waals surface area contributed by atoms with Crippen LogP contribution in [0.25, 0.3) is 0 Å². The van der Waals surface area contributed by atoms with Crippen LogP contribution in [-0.2, 0) is 16.0 Å². The Kier molecular flexibility index (Phi) is 5.39. The number of hydrogen-bond donors (Lipinski definition) is 1. The minimum atomic E-state index is -0.818. The molecule has 0 spiro atoms. The summed E-state index contributed by atoms with van der Waals surface area (Å²) in [6.07, 6.45) is 0. The van der Waals surface area contributed by atoms with Crippen molar-refractivity contribution in [3.8, 4) is 0 Å². The molecule has 1 heterocycles. The van der Waals surface area contributed by atoms with Crippen molar-refractivity contribution in [3.63, 3.8) is 0 Å². The third-order valence-corrected chi connectivity index (χ3v) is 2.56. The van der Waals surface area contributed by atoms with Gasteiger partial charge in [0.05, 0.1) is 12.2 Å². The van der Waals surface area contributed by atoms with Crippen molar-refractivity contribution in [2.75, 3.05) is 26.1 Å². The molecule has 0 fully saturated rings. The highest BCUT2D eigenvalue weighted by Gasteiger charge is 2.24. The average Bonchev–Trinajstić information content (AvgIpc) is 2.41. The molecule has 0 aliphatic heterocycles. The largest absolute Gasteiger partial charge is 0.458 e. The number of carbonyl (C=O) groups is 2. The fourth-order valence-electron chi connectivity index (χ4n) is 1.59. The van der Waals surface area contributed by atoms with Crippen molar-refractivity contribution >= 4 is 17.4 Å². The zero-order valence-electron chi connectivity index (χ0n) is 11.6. The van der Waals surface area contributed by atoms with Gasteiger partial charge >= 0.3 is 5.97 Å². The molecule has 1 rings (SSSR count). The molecule has 0 radical (unpaired) electrons. The van der Waals surface area contributed by atoms with Crippen LogP contribution in [0.4, 0.5) is 5.69 Å². The van der Waals surface area contributed by atoms with Gasteiger partial charge in [0, 0.05) is 13.7 Å². The second-order valence-electron chi connectivity index (χ2n) is 3.94. The number of ketones is 1. The van der Waals surface area contributed by atoms with E-state index in [1.807, 2.05) is 0 Å². The number of aryl methyl sites for hydroxylation is 1. The molecule has 0 aliphatic rings. The maximum atomic E-state index is 11.9. The molecule has 2 N–H and O–H groups in total. The van der Waals surface area contributed by atoms with E-state index < -0.39 is 17.3 Å². The highest BCUT2D eigenvalue weighted by atomic mass is 16.6. The molecule has 0 aromatic carbocycles. The minimum absolute atomic E-state index is 0.0134. The van der Waals surface area contributed by atoms with Gasteiger partial charge in [-0.3, -0.25) is 9.59 Å². The lowest BCUT2D eigenvalue weighted by atomic mass is 10.1. The predicted octanol–water partition coefficient (Wildman–Crippen LogP) is -0.149. The van der Waals surface area contributed by atoms with Gasteiger partial charge in [0.1, 0.15) is 12.3 Å². The summed E-state index contributed by atoms with van der Waals surface area (Å²) >= 11 is 0. The smallest absolute Gasteiger partial charge is 0.359 e. The lowest BCUT2D eigenvalue weighted by molar-refractivity contribution is 0.0376. The zero-order valence-corrected chi connectivity index (χ0v) is 11.6. The Balaban J connectivity index is 3.29. The van der Waals surface area contributed by atoms with E-state index in [4.69, 9.17) is 15.2 Å². The normalized spacial score (nSPS) is 10.3. The van der Waals surface area contributed by atoms with Crippen LogP contribution in [0.3, 0.4) is 0 Å². The number of anilines is 1. The number of hydrogen-bond acceptors (Lipinski definition) is 7. The first-order chi connectivity index (χ1) is 9.43. The number of nitrogens with zero attached hydrogens (tertiary/aromatic N) is 2. The van der Waals surface area contributed by atoms with E-state index in [1.54, 1.807) is 6.92 Å². The highest BCUT2D eigenvalue weighted by Crippen LogP contribution is 2.13. The third kappa shape index (κ3) is 3.21. The van der Waals surface area contributed by atoms with Gasteiger partial charge in [0.25, 0.3) is 5.56 Å². The van der Waals surface area contributed by atoms with E-state index in [-0.39, 0.29) is 36.7 Å². The van der Waals surface area contributed by atoms with Crippen molar-refractivity contribution in [2.45, 2.75) is 20.4 Å². The minimum Gasteiger partial charge on any atom is -0.458 e. The first-order valence-electron chi connectivity index (χ1n) is 6.01. The number of ether oxygens (including phenoxy) is 2. The van der Waals surface area contributed by atoms with Gasteiger partial charge in [-0.25, -0.2) is 9.48 Å². The van der Waals surface area contributed by atoms with Crippen LogP contribution in [0.5, 0.6) is 0 Å². The van der Waals surface area contributed by atoms with Gasteiger partial charge in [-0.2, -0.15) is 5.10 Å². The molecule has 110 valence electrons. The van der Waals surface area contributed by atoms with E-state index in [0.717, 1.165) is 4.68 Å². The molecule has 1 aromatic heterocycles. The fraction of sp³-hybridized carbons (Fsp3) is 0.500. The molecule has 20 heavy (non-hydrogen) atoms. The number of nitrogens with two attached hydrogens (primary N) is 1. The molecular formula is C12H17N3O5. The summed E-state index contributed by atoms with van der Waals surface area (Å²) in [5, 5.41) is 3.84. The quantitative estimate of drug-likeness (QED) is 0.438. The first-order valence-corrected chi connectivity index (χ1v) is 6.01. The SMILES string of the molecule is CCn1nc(C(=O)OCCOC)c(C(C)=O)c(N)c1=O. The van der Waals surface area contributed by atoms with E-state index in [0.29, 0.717) is 0 Å². The molecule has 0 amide bonds.